The Bertz CT molecular complexity index is 225. The van der Waals surface area contributed by atoms with Gasteiger partial charge in [0.2, 0.25) is 0 Å². The lowest BCUT2D eigenvalue weighted by atomic mass is 10.4. The average molecular weight is 186 g/mol. The van der Waals surface area contributed by atoms with Gasteiger partial charge in [-0.25, -0.2) is 0 Å². The van der Waals surface area contributed by atoms with Crippen molar-refractivity contribution in [2.45, 2.75) is 17.7 Å². The van der Waals surface area contributed by atoms with Crippen LogP contribution in [-0.4, -0.2) is 27.2 Å². The van der Waals surface area contributed by atoms with E-state index in [0.717, 1.165) is 18.6 Å². The molecule has 0 radical (unpaired) electrons. The van der Waals surface area contributed by atoms with Crippen molar-refractivity contribution in [3.63, 3.8) is 0 Å². The first-order valence-electron chi connectivity index (χ1n) is 4.05. The Morgan fingerprint density at radius 3 is 3.00 bits per heavy atom. The van der Waals surface area contributed by atoms with Crippen LogP contribution in [0.15, 0.2) is 17.3 Å². The summed E-state index contributed by atoms with van der Waals surface area (Å²) in [5.41, 5.74) is 0. The first kappa shape index (κ1) is 9.61. The zero-order chi connectivity index (χ0) is 8.81. The molecule has 68 valence electrons. The fourth-order valence-corrected chi connectivity index (χ4v) is 1.81. The molecular weight excluding hydrogens is 172 g/mol. The normalized spacial score (nSPS) is 10.5. The first-order valence-corrected chi connectivity index (χ1v) is 5.04. The molecule has 0 saturated carbocycles. The number of hydrogen-bond donors (Lipinski definition) is 1. The van der Waals surface area contributed by atoms with Crippen molar-refractivity contribution in [1.29, 1.82) is 0 Å². The van der Waals surface area contributed by atoms with Crippen LogP contribution in [0.25, 0.3) is 0 Å². The lowest BCUT2D eigenvalue weighted by molar-refractivity contribution is 0.287. The van der Waals surface area contributed by atoms with Crippen LogP contribution in [0.2, 0.25) is 0 Å². The quantitative estimate of drug-likeness (QED) is 0.556. The van der Waals surface area contributed by atoms with Gasteiger partial charge in [-0.15, -0.1) is 11.8 Å². The first-order chi connectivity index (χ1) is 5.83. The van der Waals surface area contributed by atoms with Gasteiger partial charge in [-0.1, -0.05) is 0 Å². The van der Waals surface area contributed by atoms with Crippen molar-refractivity contribution in [2.75, 3.05) is 12.4 Å². The minimum absolute atomic E-state index is 0.299. The van der Waals surface area contributed by atoms with Gasteiger partial charge in [0.25, 0.3) is 0 Å². The molecule has 0 fully saturated rings. The minimum atomic E-state index is 0.299. The van der Waals surface area contributed by atoms with Crippen LogP contribution in [0, 0.1) is 0 Å². The summed E-state index contributed by atoms with van der Waals surface area (Å²) in [7, 11) is 1.91. The second-order valence-corrected chi connectivity index (χ2v) is 3.80. The molecule has 0 atom stereocenters. The summed E-state index contributed by atoms with van der Waals surface area (Å²) in [5, 5.41) is 12.6. The number of aliphatic hydroxyl groups is 1. The van der Waals surface area contributed by atoms with E-state index in [1.54, 1.807) is 16.4 Å². The maximum absolute atomic E-state index is 8.54. The molecule has 12 heavy (non-hydrogen) atoms. The van der Waals surface area contributed by atoms with Gasteiger partial charge >= 0.3 is 0 Å². The lowest BCUT2D eigenvalue weighted by Crippen LogP contribution is -1.85. The molecule has 0 aromatic carbocycles. The number of nitrogens with zero attached hydrogens (tertiary/aromatic N) is 2. The molecule has 1 aromatic rings. The molecule has 0 spiro atoms. The van der Waals surface area contributed by atoms with E-state index in [-0.39, 0.29) is 0 Å². The molecule has 1 aromatic heterocycles. The van der Waals surface area contributed by atoms with Crippen molar-refractivity contribution in [3.05, 3.63) is 12.4 Å². The number of aryl methyl sites for hydroxylation is 1. The smallest absolute Gasteiger partial charge is 0.0625 e. The maximum Gasteiger partial charge on any atom is 0.0625 e. The highest BCUT2D eigenvalue weighted by Crippen LogP contribution is 2.17. The van der Waals surface area contributed by atoms with Crippen LogP contribution in [0.4, 0.5) is 0 Å². The van der Waals surface area contributed by atoms with Crippen molar-refractivity contribution in [2.24, 2.45) is 7.05 Å². The Labute approximate surface area is 76.8 Å². The van der Waals surface area contributed by atoms with Gasteiger partial charge in [0.1, 0.15) is 0 Å². The summed E-state index contributed by atoms with van der Waals surface area (Å²) in [5.74, 6) is 1.06. The SMILES string of the molecule is Cn1cc(SCCCCO)cn1. The van der Waals surface area contributed by atoms with E-state index in [0.29, 0.717) is 6.61 Å². The van der Waals surface area contributed by atoms with Crippen molar-refractivity contribution in [3.8, 4) is 0 Å². The number of unbranched alkanes of at least 4 members (excludes halogenated alkanes) is 1. The van der Waals surface area contributed by atoms with Gasteiger partial charge in [-0.3, -0.25) is 4.68 Å². The molecule has 0 aliphatic rings. The third-order valence-electron chi connectivity index (χ3n) is 1.50. The van der Waals surface area contributed by atoms with Crippen LogP contribution in [0.3, 0.4) is 0 Å². The lowest BCUT2D eigenvalue weighted by Gasteiger charge is -1.95. The van der Waals surface area contributed by atoms with E-state index >= 15 is 0 Å². The molecule has 0 amide bonds. The molecule has 0 unspecified atom stereocenters. The summed E-state index contributed by atoms with van der Waals surface area (Å²) in [6.07, 6.45) is 5.83. The molecule has 0 saturated heterocycles. The zero-order valence-corrected chi connectivity index (χ0v) is 8.05. The second-order valence-electron chi connectivity index (χ2n) is 2.63. The van der Waals surface area contributed by atoms with E-state index < -0.39 is 0 Å². The number of thioether (sulfide) groups is 1. The van der Waals surface area contributed by atoms with Crippen LogP contribution in [0.1, 0.15) is 12.8 Å². The second kappa shape index (κ2) is 5.22. The molecule has 1 N–H and O–H groups in total. The Morgan fingerprint density at radius 2 is 2.42 bits per heavy atom. The fraction of sp³-hybridized carbons (Fsp3) is 0.625. The summed E-state index contributed by atoms with van der Waals surface area (Å²) >= 11 is 1.79. The van der Waals surface area contributed by atoms with Gasteiger partial charge in [0.05, 0.1) is 6.20 Å². The average Bonchev–Trinajstić information content (AvgIpc) is 2.45. The fourth-order valence-electron chi connectivity index (χ4n) is 0.877. The molecule has 0 aliphatic heterocycles. The third kappa shape index (κ3) is 3.28. The van der Waals surface area contributed by atoms with Gasteiger partial charge in [0.15, 0.2) is 0 Å². The summed E-state index contributed by atoms with van der Waals surface area (Å²) in [4.78, 5) is 1.20. The predicted octanol–water partition coefficient (Wildman–Crippen LogP) is 1.28. The van der Waals surface area contributed by atoms with Crippen molar-refractivity contribution >= 4 is 11.8 Å². The van der Waals surface area contributed by atoms with Gasteiger partial charge in [0, 0.05) is 24.7 Å². The zero-order valence-electron chi connectivity index (χ0n) is 7.23. The highest BCUT2D eigenvalue weighted by atomic mass is 32.2. The Balaban J connectivity index is 2.15. The molecule has 0 bridgehead atoms. The Kier molecular flexibility index (Phi) is 4.18. The third-order valence-corrected chi connectivity index (χ3v) is 2.54. The number of aliphatic hydroxyl groups excluding tert-OH is 1. The van der Waals surface area contributed by atoms with E-state index in [4.69, 9.17) is 5.11 Å². The van der Waals surface area contributed by atoms with E-state index in [1.165, 1.54) is 4.90 Å². The number of hydrogen-bond acceptors (Lipinski definition) is 3. The standard InChI is InChI=1S/C8H14N2OS/c1-10-7-8(6-9-10)12-5-3-2-4-11/h6-7,11H,2-5H2,1H3. The summed E-state index contributed by atoms with van der Waals surface area (Å²) < 4.78 is 1.80. The van der Waals surface area contributed by atoms with Crippen molar-refractivity contribution in [1.82, 2.24) is 9.78 Å². The number of aromatic nitrogens is 2. The molecule has 3 nitrogen and oxygen atoms in total. The topological polar surface area (TPSA) is 38.0 Å². The largest absolute Gasteiger partial charge is 0.396 e. The monoisotopic (exact) mass is 186 g/mol. The van der Waals surface area contributed by atoms with Crippen LogP contribution in [-0.2, 0) is 7.05 Å². The van der Waals surface area contributed by atoms with E-state index in [9.17, 15) is 0 Å². The maximum atomic E-state index is 8.54. The molecule has 1 rings (SSSR count). The number of rotatable bonds is 5. The van der Waals surface area contributed by atoms with Crippen LogP contribution < -0.4 is 0 Å². The molecule has 4 heteroatoms. The highest BCUT2D eigenvalue weighted by Gasteiger charge is 1.95. The van der Waals surface area contributed by atoms with Crippen molar-refractivity contribution < 1.29 is 5.11 Å². The Hall–Kier alpha value is -0.480. The summed E-state index contributed by atoms with van der Waals surface area (Å²) in [6.45, 7) is 0.299. The van der Waals surface area contributed by atoms with E-state index in [1.807, 2.05) is 19.4 Å². The molecule has 0 aliphatic carbocycles. The molecular formula is C8H14N2OS. The minimum Gasteiger partial charge on any atom is -0.396 e. The van der Waals surface area contributed by atoms with Gasteiger partial charge < -0.3 is 5.11 Å². The van der Waals surface area contributed by atoms with Crippen LogP contribution >= 0.6 is 11.8 Å². The van der Waals surface area contributed by atoms with E-state index in [2.05, 4.69) is 5.10 Å². The van der Waals surface area contributed by atoms with Gasteiger partial charge in [-0.2, -0.15) is 5.10 Å². The predicted molar refractivity (Wildman–Crippen MR) is 50.3 cm³/mol. The molecule has 1 heterocycles. The highest BCUT2D eigenvalue weighted by molar-refractivity contribution is 7.99. The van der Waals surface area contributed by atoms with Crippen LogP contribution in [0.5, 0.6) is 0 Å². The Morgan fingerprint density at radius 1 is 1.58 bits per heavy atom. The summed E-state index contributed by atoms with van der Waals surface area (Å²) in [6, 6.07) is 0. The van der Waals surface area contributed by atoms with Gasteiger partial charge in [-0.05, 0) is 18.6 Å².